The van der Waals surface area contributed by atoms with Crippen molar-refractivity contribution in [1.29, 1.82) is 0 Å². The Kier molecular flexibility index (Phi) is 5.77. The maximum absolute atomic E-state index is 12.2. The van der Waals surface area contributed by atoms with Gasteiger partial charge in [0.1, 0.15) is 0 Å². The zero-order chi connectivity index (χ0) is 18.7. The lowest BCUT2D eigenvalue weighted by molar-refractivity contribution is -0.111. The van der Waals surface area contributed by atoms with Crippen molar-refractivity contribution in [1.82, 2.24) is 4.98 Å². The third-order valence-corrected chi connectivity index (χ3v) is 5.18. The Balaban J connectivity index is 1.72. The summed E-state index contributed by atoms with van der Waals surface area (Å²) in [5.74, 6) is -0.264. The summed E-state index contributed by atoms with van der Waals surface area (Å²) in [6, 6.07) is 13.3. The van der Waals surface area contributed by atoms with E-state index in [2.05, 4.69) is 10.3 Å². The average molecular weight is 403 g/mol. The van der Waals surface area contributed by atoms with E-state index < -0.39 is 0 Å². The van der Waals surface area contributed by atoms with E-state index in [9.17, 15) is 4.79 Å². The summed E-state index contributed by atoms with van der Waals surface area (Å²) in [5.41, 5.74) is 3.84. The summed E-state index contributed by atoms with van der Waals surface area (Å²) in [6.07, 6.45) is 3.08. The lowest BCUT2D eigenvalue weighted by atomic mass is 10.1. The molecule has 0 fully saturated rings. The molecule has 3 nitrogen and oxygen atoms in total. The van der Waals surface area contributed by atoms with Crippen LogP contribution in [0, 0.1) is 13.8 Å². The van der Waals surface area contributed by atoms with Crippen molar-refractivity contribution in [2.45, 2.75) is 13.8 Å². The van der Waals surface area contributed by atoms with E-state index in [-0.39, 0.29) is 5.91 Å². The van der Waals surface area contributed by atoms with Crippen LogP contribution in [0.1, 0.15) is 16.0 Å². The molecule has 0 saturated carbocycles. The van der Waals surface area contributed by atoms with Gasteiger partial charge in [-0.05, 0) is 37.6 Å². The third kappa shape index (κ3) is 4.52. The Bertz CT molecular complexity index is 978. The number of carbonyl (C=O) groups is 1. The maximum atomic E-state index is 12.2. The first-order valence-electron chi connectivity index (χ1n) is 7.91. The van der Waals surface area contributed by atoms with Gasteiger partial charge in [-0.25, -0.2) is 4.98 Å². The van der Waals surface area contributed by atoms with Crippen LogP contribution in [0.4, 0.5) is 5.13 Å². The van der Waals surface area contributed by atoms with Crippen molar-refractivity contribution in [2.75, 3.05) is 5.32 Å². The number of rotatable bonds is 4. The summed E-state index contributed by atoms with van der Waals surface area (Å²) in [5, 5.41) is 4.41. The molecule has 0 bridgehead atoms. The standard InChI is InChI=1S/C20H16Cl2N2OS/c1-12-3-5-15(6-4-12)19-13(2)26-20(24-19)23-18(25)10-8-14-7-9-16(21)11-17(14)22/h3-11H,1-2H3,(H,23,24,25)/b10-8+. The molecule has 132 valence electrons. The molecular weight excluding hydrogens is 387 g/mol. The first-order chi connectivity index (χ1) is 12.4. The highest BCUT2D eigenvalue weighted by Crippen LogP contribution is 2.30. The molecule has 0 saturated heterocycles. The van der Waals surface area contributed by atoms with Crippen molar-refractivity contribution in [3.05, 3.63) is 74.6 Å². The van der Waals surface area contributed by atoms with Gasteiger partial charge in [0.25, 0.3) is 0 Å². The average Bonchev–Trinajstić information content (AvgIpc) is 2.95. The Morgan fingerprint density at radius 3 is 2.54 bits per heavy atom. The van der Waals surface area contributed by atoms with Crippen molar-refractivity contribution in [3.63, 3.8) is 0 Å². The molecule has 0 spiro atoms. The predicted molar refractivity (Wildman–Crippen MR) is 111 cm³/mol. The molecule has 0 aliphatic rings. The molecule has 26 heavy (non-hydrogen) atoms. The SMILES string of the molecule is Cc1ccc(-c2nc(NC(=O)/C=C/c3ccc(Cl)cc3Cl)sc2C)cc1. The lowest BCUT2D eigenvalue weighted by Gasteiger charge is -2.00. The first kappa shape index (κ1) is 18.6. The number of amides is 1. The predicted octanol–water partition coefficient (Wildman–Crippen LogP) is 6.39. The van der Waals surface area contributed by atoms with Crippen LogP contribution in [0.3, 0.4) is 0 Å². The number of hydrogen-bond donors (Lipinski definition) is 1. The van der Waals surface area contributed by atoms with Gasteiger partial charge < -0.3 is 0 Å². The zero-order valence-electron chi connectivity index (χ0n) is 14.2. The largest absolute Gasteiger partial charge is 0.298 e. The molecule has 1 amide bonds. The van der Waals surface area contributed by atoms with Crippen LogP contribution < -0.4 is 5.32 Å². The van der Waals surface area contributed by atoms with E-state index in [1.54, 1.807) is 24.3 Å². The van der Waals surface area contributed by atoms with Gasteiger partial charge in [0.15, 0.2) is 5.13 Å². The smallest absolute Gasteiger partial charge is 0.250 e. The Labute approximate surface area is 166 Å². The molecule has 0 unspecified atom stereocenters. The summed E-state index contributed by atoms with van der Waals surface area (Å²) < 4.78 is 0. The van der Waals surface area contributed by atoms with Gasteiger partial charge in [0.05, 0.1) is 5.69 Å². The number of hydrogen-bond acceptors (Lipinski definition) is 3. The van der Waals surface area contributed by atoms with Gasteiger partial charge in [-0.3, -0.25) is 10.1 Å². The van der Waals surface area contributed by atoms with Gasteiger partial charge >= 0.3 is 0 Å². The lowest BCUT2D eigenvalue weighted by Crippen LogP contribution is -2.07. The van der Waals surface area contributed by atoms with Gasteiger partial charge in [0, 0.05) is 26.6 Å². The van der Waals surface area contributed by atoms with Crippen molar-refractivity contribution < 1.29 is 4.79 Å². The highest BCUT2D eigenvalue weighted by molar-refractivity contribution is 7.16. The fraction of sp³-hybridized carbons (Fsp3) is 0.100. The number of carbonyl (C=O) groups excluding carboxylic acids is 1. The third-order valence-electron chi connectivity index (χ3n) is 3.73. The van der Waals surface area contributed by atoms with E-state index in [0.717, 1.165) is 21.7 Å². The summed E-state index contributed by atoms with van der Waals surface area (Å²) in [7, 11) is 0. The fourth-order valence-corrected chi connectivity index (χ4v) is 3.69. The van der Waals surface area contributed by atoms with Gasteiger partial charge in [-0.1, -0.05) is 59.1 Å². The molecule has 6 heteroatoms. The molecule has 2 aromatic carbocycles. The molecular formula is C20H16Cl2N2OS. The molecule has 1 aromatic heterocycles. The van der Waals surface area contributed by atoms with Crippen molar-refractivity contribution in [3.8, 4) is 11.3 Å². The van der Waals surface area contributed by atoms with Crippen LogP contribution in [-0.2, 0) is 4.79 Å². The Morgan fingerprint density at radius 2 is 1.85 bits per heavy atom. The van der Waals surface area contributed by atoms with Crippen LogP contribution in [0.2, 0.25) is 10.0 Å². The van der Waals surface area contributed by atoms with E-state index >= 15 is 0 Å². The Morgan fingerprint density at radius 1 is 1.12 bits per heavy atom. The number of nitrogens with zero attached hydrogens (tertiary/aromatic N) is 1. The van der Waals surface area contributed by atoms with Crippen LogP contribution >= 0.6 is 34.5 Å². The molecule has 0 atom stereocenters. The van der Waals surface area contributed by atoms with Gasteiger partial charge in [-0.2, -0.15) is 0 Å². The number of aryl methyl sites for hydroxylation is 2. The number of halogens is 2. The molecule has 1 N–H and O–H groups in total. The summed E-state index contributed by atoms with van der Waals surface area (Å²) in [4.78, 5) is 17.8. The zero-order valence-corrected chi connectivity index (χ0v) is 16.5. The monoisotopic (exact) mass is 402 g/mol. The topological polar surface area (TPSA) is 42.0 Å². The molecule has 0 aliphatic heterocycles. The maximum Gasteiger partial charge on any atom is 0.250 e. The second-order valence-corrected chi connectivity index (χ2v) is 7.83. The summed E-state index contributed by atoms with van der Waals surface area (Å²) in [6.45, 7) is 4.04. The van der Waals surface area contributed by atoms with Crippen LogP contribution in [0.25, 0.3) is 17.3 Å². The van der Waals surface area contributed by atoms with E-state index in [1.807, 2.05) is 38.1 Å². The van der Waals surface area contributed by atoms with E-state index in [4.69, 9.17) is 23.2 Å². The van der Waals surface area contributed by atoms with E-state index in [0.29, 0.717) is 15.2 Å². The van der Waals surface area contributed by atoms with Crippen LogP contribution in [0.5, 0.6) is 0 Å². The minimum absolute atomic E-state index is 0.264. The highest BCUT2D eigenvalue weighted by atomic mass is 35.5. The van der Waals surface area contributed by atoms with Crippen molar-refractivity contribution in [2.24, 2.45) is 0 Å². The second-order valence-electron chi connectivity index (χ2n) is 5.78. The molecule has 3 rings (SSSR count). The number of thiazole rings is 1. The van der Waals surface area contributed by atoms with E-state index in [1.165, 1.54) is 23.0 Å². The fourth-order valence-electron chi connectivity index (χ4n) is 2.38. The van der Waals surface area contributed by atoms with Crippen LogP contribution in [0.15, 0.2) is 48.5 Å². The first-order valence-corrected chi connectivity index (χ1v) is 9.48. The molecule has 1 heterocycles. The number of aromatic nitrogens is 1. The number of anilines is 1. The number of nitrogens with one attached hydrogen (secondary N) is 1. The second kappa shape index (κ2) is 8.04. The van der Waals surface area contributed by atoms with Crippen LogP contribution in [-0.4, -0.2) is 10.9 Å². The molecule has 0 aliphatic carbocycles. The minimum Gasteiger partial charge on any atom is -0.298 e. The Hall–Kier alpha value is -2.14. The quantitative estimate of drug-likeness (QED) is 0.513. The van der Waals surface area contributed by atoms with Gasteiger partial charge in [-0.15, -0.1) is 11.3 Å². The van der Waals surface area contributed by atoms with Gasteiger partial charge in [0.2, 0.25) is 5.91 Å². The summed E-state index contributed by atoms with van der Waals surface area (Å²) >= 11 is 13.4. The normalized spacial score (nSPS) is 11.1. The highest BCUT2D eigenvalue weighted by Gasteiger charge is 2.11. The molecule has 0 radical (unpaired) electrons. The number of benzene rings is 2. The molecule has 3 aromatic rings. The van der Waals surface area contributed by atoms with Crippen molar-refractivity contribution >= 4 is 51.7 Å². The minimum atomic E-state index is -0.264.